The fourth-order valence-electron chi connectivity index (χ4n) is 6.26. The molecule has 2 aromatic carbocycles. The predicted molar refractivity (Wildman–Crippen MR) is 169 cm³/mol. The molecular weight excluding hydrogens is 561 g/mol. The van der Waals surface area contributed by atoms with Crippen molar-refractivity contribution in [2.75, 3.05) is 44.1 Å². The van der Waals surface area contributed by atoms with E-state index in [2.05, 4.69) is 41.1 Å². The maximum absolute atomic E-state index is 15.0. The van der Waals surface area contributed by atoms with E-state index >= 15 is 0 Å². The Morgan fingerprint density at radius 2 is 1.91 bits per heavy atom. The van der Waals surface area contributed by atoms with Gasteiger partial charge >= 0.3 is 6.09 Å². The summed E-state index contributed by atoms with van der Waals surface area (Å²) >= 11 is 0. The second kappa shape index (κ2) is 14.7. The molecule has 0 spiro atoms. The molecule has 0 bridgehead atoms. The zero-order chi connectivity index (χ0) is 31.1. The molecular formula is C34H44FN5O4. The summed E-state index contributed by atoms with van der Waals surface area (Å²) < 4.78 is 32.3. The van der Waals surface area contributed by atoms with Crippen molar-refractivity contribution in [3.8, 4) is 11.5 Å². The highest BCUT2D eigenvalue weighted by Gasteiger charge is 2.33. The lowest BCUT2D eigenvalue weighted by molar-refractivity contribution is 0.0131. The number of methoxy groups -OCH3 is 1. The van der Waals surface area contributed by atoms with E-state index in [4.69, 9.17) is 14.2 Å². The molecule has 1 aliphatic carbocycles. The average Bonchev–Trinajstić information content (AvgIpc) is 3.01. The Hall–Kier alpha value is -3.92. The number of carbonyl (C=O) groups is 1. The van der Waals surface area contributed by atoms with E-state index in [0.717, 1.165) is 50.8 Å². The van der Waals surface area contributed by atoms with Gasteiger partial charge in [-0.1, -0.05) is 32.4 Å². The minimum absolute atomic E-state index is 0.175. The van der Waals surface area contributed by atoms with Crippen molar-refractivity contribution in [2.45, 2.75) is 58.6 Å². The van der Waals surface area contributed by atoms with Gasteiger partial charge in [-0.2, -0.15) is 4.98 Å². The van der Waals surface area contributed by atoms with Crippen LogP contribution in [0.5, 0.6) is 11.5 Å². The SMILES string of the molecule is COc1cccc(CN(C(=O)OC2C(C)CCCC2C)c2ccnc(Nc3ccc(OCC4CCCN(C)C4)c(F)c3)n2)c1. The van der Waals surface area contributed by atoms with Crippen LogP contribution in [0.3, 0.4) is 0 Å². The van der Waals surface area contributed by atoms with Crippen LogP contribution in [-0.2, 0) is 11.3 Å². The van der Waals surface area contributed by atoms with E-state index in [1.54, 1.807) is 31.5 Å². The lowest BCUT2D eigenvalue weighted by Gasteiger charge is -2.35. The van der Waals surface area contributed by atoms with E-state index in [-0.39, 0.29) is 36.2 Å². The van der Waals surface area contributed by atoms with Gasteiger partial charge in [-0.15, -0.1) is 0 Å². The molecule has 1 amide bonds. The molecule has 0 radical (unpaired) electrons. The molecule has 3 unspecified atom stereocenters. The van der Waals surface area contributed by atoms with Gasteiger partial charge in [0.25, 0.3) is 0 Å². The third kappa shape index (κ3) is 8.16. The van der Waals surface area contributed by atoms with Gasteiger partial charge in [-0.3, -0.25) is 4.90 Å². The number of rotatable bonds is 10. The second-order valence-electron chi connectivity index (χ2n) is 12.3. The van der Waals surface area contributed by atoms with Crippen LogP contribution in [0.2, 0.25) is 0 Å². The Morgan fingerprint density at radius 3 is 2.66 bits per heavy atom. The van der Waals surface area contributed by atoms with Crippen LogP contribution >= 0.6 is 0 Å². The van der Waals surface area contributed by atoms with Gasteiger partial charge in [-0.25, -0.2) is 14.2 Å². The highest BCUT2D eigenvalue weighted by atomic mass is 19.1. The summed E-state index contributed by atoms with van der Waals surface area (Å²) in [5.41, 5.74) is 1.33. The van der Waals surface area contributed by atoms with Crippen LogP contribution < -0.4 is 19.7 Å². The standard InChI is InChI=1S/C34H44FN5O4/c1-23-8-5-9-24(2)32(23)44-34(41)40(21-25-10-6-12-28(18-25)42-4)31-15-16-36-33(38-31)37-27-13-14-30(29(35)19-27)43-22-26-11-7-17-39(3)20-26/h6,10,12-16,18-19,23-24,26,32H,5,7-9,11,17,20-22H2,1-4H3,(H,36,37,38). The maximum Gasteiger partial charge on any atom is 0.416 e. The first-order valence-corrected chi connectivity index (χ1v) is 15.6. The number of nitrogens with one attached hydrogen (secondary N) is 1. The first kappa shape index (κ1) is 31.5. The smallest absolute Gasteiger partial charge is 0.416 e. The first-order valence-electron chi connectivity index (χ1n) is 15.6. The highest BCUT2D eigenvalue weighted by molar-refractivity contribution is 5.86. The number of hydrogen-bond donors (Lipinski definition) is 1. The first-order chi connectivity index (χ1) is 21.3. The lowest BCUT2D eigenvalue weighted by atomic mass is 9.81. The van der Waals surface area contributed by atoms with Crippen molar-refractivity contribution < 1.29 is 23.4 Å². The summed E-state index contributed by atoms with van der Waals surface area (Å²) in [5.74, 6) is 1.97. The van der Waals surface area contributed by atoms with Crippen molar-refractivity contribution in [1.29, 1.82) is 0 Å². The number of benzene rings is 2. The molecule has 3 aromatic rings. The van der Waals surface area contributed by atoms with Gasteiger partial charge in [-0.05, 0) is 87.0 Å². The van der Waals surface area contributed by atoms with Crippen LogP contribution in [-0.4, -0.2) is 60.9 Å². The van der Waals surface area contributed by atoms with Gasteiger partial charge in [0.2, 0.25) is 5.95 Å². The molecule has 10 heteroatoms. The lowest BCUT2D eigenvalue weighted by Crippen LogP contribution is -2.40. The summed E-state index contributed by atoms with van der Waals surface area (Å²) in [7, 11) is 3.71. The molecule has 2 heterocycles. The van der Waals surface area contributed by atoms with E-state index < -0.39 is 11.9 Å². The van der Waals surface area contributed by atoms with Gasteiger partial charge in [0.1, 0.15) is 17.7 Å². The molecule has 3 atom stereocenters. The van der Waals surface area contributed by atoms with E-state index in [0.29, 0.717) is 29.8 Å². The van der Waals surface area contributed by atoms with E-state index in [9.17, 15) is 9.18 Å². The third-order valence-electron chi connectivity index (χ3n) is 8.67. The number of ether oxygens (including phenoxy) is 3. The average molecular weight is 606 g/mol. The topological polar surface area (TPSA) is 89.0 Å². The van der Waals surface area contributed by atoms with Crippen LogP contribution in [0, 0.1) is 23.6 Å². The summed E-state index contributed by atoms with van der Waals surface area (Å²) in [6.07, 6.45) is 6.32. The van der Waals surface area contributed by atoms with Gasteiger partial charge in [0, 0.05) is 30.4 Å². The Labute approximate surface area is 259 Å². The zero-order valence-corrected chi connectivity index (χ0v) is 26.2. The number of halogens is 1. The predicted octanol–water partition coefficient (Wildman–Crippen LogP) is 7.06. The minimum Gasteiger partial charge on any atom is -0.497 e. The van der Waals surface area contributed by atoms with E-state index in [1.165, 1.54) is 11.0 Å². The number of hydrogen-bond acceptors (Lipinski definition) is 8. The molecule has 44 heavy (non-hydrogen) atoms. The number of anilines is 3. The third-order valence-corrected chi connectivity index (χ3v) is 8.67. The zero-order valence-electron chi connectivity index (χ0n) is 26.2. The van der Waals surface area contributed by atoms with Crippen molar-refractivity contribution in [3.63, 3.8) is 0 Å². The summed E-state index contributed by atoms with van der Waals surface area (Å²) in [6, 6.07) is 13.9. The maximum atomic E-state index is 15.0. The van der Waals surface area contributed by atoms with Crippen molar-refractivity contribution in [2.24, 2.45) is 17.8 Å². The fourth-order valence-corrected chi connectivity index (χ4v) is 6.26. The number of amides is 1. The van der Waals surface area contributed by atoms with Crippen molar-refractivity contribution >= 4 is 23.5 Å². The summed E-state index contributed by atoms with van der Waals surface area (Å²) in [4.78, 5) is 26.5. The molecule has 1 aromatic heterocycles. The highest BCUT2D eigenvalue weighted by Crippen LogP contribution is 2.32. The largest absolute Gasteiger partial charge is 0.497 e. The molecule has 5 rings (SSSR count). The molecule has 1 saturated carbocycles. The Morgan fingerprint density at radius 1 is 1.09 bits per heavy atom. The number of piperidine rings is 1. The van der Waals surface area contributed by atoms with Crippen LogP contribution in [0.15, 0.2) is 54.7 Å². The summed E-state index contributed by atoms with van der Waals surface area (Å²) in [6.45, 7) is 7.02. The molecule has 9 nitrogen and oxygen atoms in total. The monoisotopic (exact) mass is 605 g/mol. The number of carbonyl (C=O) groups excluding carboxylic acids is 1. The van der Waals surface area contributed by atoms with Crippen molar-refractivity contribution in [3.05, 3.63) is 66.1 Å². The minimum atomic E-state index is -0.472. The van der Waals surface area contributed by atoms with Crippen LogP contribution in [0.1, 0.15) is 51.5 Å². The molecule has 2 fully saturated rings. The van der Waals surface area contributed by atoms with Gasteiger partial charge < -0.3 is 24.4 Å². The summed E-state index contributed by atoms with van der Waals surface area (Å²) in [5, 5.41) is 3.07. The second-order valence-corrected chi connectivity index (χ2v) is 12.3. The molecule has 1 aliphatic heterocycles. The number of aromatic nitrogens is 2. The fraction of sp³-hybridized carbons (Fsp3) is 0.500. The molecule has 1 saturated heterocycles. The number of nitrogens with zero attached hydrogens (tertiary/aromatic N) is 4. The van der Waals surface area contributed by atoms with Crippen LogP contribution in [0.25, 0.3) is 0 Å². The molecule has 2 aliphatic rings. The Bertz CT molecular complexity index is 1400. The molecule has 236 valence electrons. The normalized spacial score (nSPS) is 22.2. The van der Waals surface area contributed by atoms with Crippen molar-refractivity contribution in [1.82, 2.24) is 14.9 Å². The van der Waals surface area contributed by atoms with Gasteiger partial charge in [0.05, 0.1) is 20.3 Å². The van der Waals surface area contributed by atoms with Crippen LogP contribution in [0.4, 0.5) is 26.6 Å². The van der Waals surface area contributed by atoms with E-state index in [1.807, 2.05) is 24.3 Å². The Balaban J connectivity index is 1.32. The number of likely N-dealkylation sites (tertiary alicyclic amines) is 1. The molecule has 1 N–H and O–H groups in total. The van der Waals surface area contributed by atoms with Gasteiger partial charge in [0.15, 0.2) is 11.6 Å². The quantitative estimate of drug-likeness (QED) is 0.263. The Kier molecular flexibility index (Phi) is 10.5.